The van der Waals surface area contributed by atoms with Gasteiger partial charge in [0.15, 0.2) is 0 Å². The fraction of sp³-hybridized carbons (Fsp3) is 0.619. The Bertz CT molecular complexity index is 943. The van der Waals surface area contributed by atoms with E-state index >= 15 is 0 Å². The van der Waals surface area contributed by atoms with Gasteiger partial charge in [0.1, 0.15) is 18.0 Å². The summed E-state index contributed by atoms with van der Waals surface area (Å²) in [5.74, 6) is 1.81. The lowest BCUT2D eigenvalue weighted by atomic mass is 9.77. The summed E-state index contributed by atoms with van der Waals surface area (Å²) in [6.45, 7) is 12.3. The third-order valence-corrected chi connectivity index (χ3v) is 6.27. The van der Waals surface area contributed by atoms with Crippen LogP contribution in [0, 0.1) is 13.8 Å². The second-order valence-electron chi connectivity index (χ2n) is 9.20. The Labute approximate surface area is 160 Å². The smallest absolute Gasteiger partial charge is 0.254 e. The summed E-state index contributed by atoms with van der Waals surface area (Å²) in [6.07, 6.45) is 5.63. The van der Waals surface area contributed by atoms with Crippen molar-refractivity contribution >= 4 is 5.82 Å². The second kappa shape index (κ2) is 6.14. The molecule has 0 bridgehead atoms. The largest absolute Gasteiger partial charge is 0.355 e. The van der Waals surface area contributed by atoms with Crippen LogP contribution in [0.25, 0.3) is 0 Å². The molecule has 1 saturated heterocycles. The highest BCUT2D eigenvalue weighted by molar-refractivity contribution is 5.50. The van der Waals surface area contributed by atoms with E-state index in [1.807, 2.05) is 6.92 Å². The molecule has 1 aliphatic carbocycles. The van der Waals surface area contributed by atoms with Crippen LogP contribution in [0.15, 0.2) is 11.1 Å². The van der Waals surface area contributed by atoms with Crippen LogP contribution < -0.4 is 10.5 Å². The lowest BCUT2D eigenvalue weighted by Crippen LogP contribution is -2.46. The van der Waals surface area contributed by atoms with Crippen LogP contribution in [0.3, 0.4) is 0 Å². The first-order chi connectivity index (χ1) is 12.7. The van der Waals surface area contributed by atoms with Gasteiger partial charge in [-0.25, -0.2) is 15.0 Å². The number of hydrogen-bond acceptors (Lipinski definition) is 5. The van der Waals surface area contributed by atoms with Crippen molar-refractivity contribution in [1.29, 1.82) is 0 Å². The molecule has 0 amide bonds. The Morgan fingerprint density at radius 3 is 2.70 bits per heavy atom. The van der Waals surface area contributed by atoms with Gasteiger partial charge in [0.05, 0.1) is 5.69 Å². The molecule has 1 N–H and O–H groups in total. The van der Waals surface area contributed by atoms with Gasteiger partial charge in [-0.1, -0.05) is 20.8 Å². The average Bonchev–Trinajstić information content (AvgIpc) is 2.95. The lowest BCUT2D eigenvalue weighted by molar-refractivity contribution is 0.331. The number of hydrogen-bond donors (Lipinski definition) is 1. The number of anilines is 1. The Morgan fingerprint density at radius 2 is 1.96 bits per heavy atom. The van der Waals surface area contributed by atoms with E-state index < -0.39 is 0 Å². The third kappa shape index (κ3) is 2.95. The molecule has 1 spiro atoms. The number of rotatable bonds is 1. The van der Waals surface area contributed by atoms with Gasteiger partial charge in [-0.3, -0.25) is 4.79 Å². The fourth-order valence-corrected chi connectivity index (χ4v) is 4.56. The normalized spacial score (nSPS) is 22.3. The van der Waals surface area contributed by atoms with Crippen LogP contribution >= 0.6 is 0 Å². The van der Waals surface area contributed by atoms with Crippen molar-refractivity contribution in [2.75, 3.05) is 18.0 Å². The molecule has 144 valence electrons. The van der Waals surface area contributed by atoms with Crippen LogP contribution in [0.2, 0.25) is 0 Å². The number of aryl methyl sites for hydroxylation is 1. The molecular weight excluding hydrogens is 338 g/mol. The molecule has 0 aromatic carbocycles. The Kier molecular flexibility index (Phi) is 4.13. The van der Waals surface area contributed by atoms with Crippen molar-refractivity contribution in [2.45, 2.75) is 71.1 Å². The van der Waals surface area contributed by atoms with Crippen molar-refractivity contribution in [3.8, 4) is 0 Å². The molecule has 1 atom stereocenters. The summed E-state index contributed by atoms with van der Waals surface area (Å²) in [5.41, 5.74) is 3.91. The van der Waals surface area contributed by atoms with Crippen molar-refractivity contribution in [3.63, 3.8) is 0 Å². The van der Waals surface area contributed by atoms with E-state index in [0.29, 0.717) is 0 Å². The first-order valence-electron chi connectivity index (χ1n) is 9.89. The summed E-state index contributed by atoms with van der Waals surface area (Å²) in [5, 5.41) is 0. The van der Waals surface area contributed by atoms with Gasteiger partial charge in [-0.15, -0.1) is 0 Å². The SMILES string of the molecule is Cc1ncnc(N2CCCC3(CCc4c3nc(C(C)(C)C)[nH]c4=O)C2)c1C. The van der Waals surface area contributed by atoms with Crippen molar-refractivity contribution in [3.05, 3.63) is 45.0 Å². The van der Waals surface area contributed by atoms with Crippen molar-refractivity contribution in [2.24, 2.45) is 0 Å². The number of nitrogens with one attached hydrogen (secondary N) is 1. The summed E-state index contributed by atoms with van der Waals surface area (Å²) in [6, 6.07) is 0. The summed E-state index contributed by atoms with van der Waals surface area (Å²) in [7, 11) is 0. The van der Waals surface area contributed by atoms with E-state index in [0.717, 1.165) is 72.9 Å². The van der Waals surface area contributed by atoms with Gasteiger partial charge in [0, 0.05) is 40.7 Å². The molecule has 1 aliphatic heterocycles. The zero-order valence-electron chi connectivity index (χ0n) is 17.0. The first-order valence-corrected chi connectivity index (χ1v) is 9.89. The fourth-order valence-electron chi connectivity index (χ4n) is 4.56. The van der Waals surface area contributed by atoms with Crippen LogP contribution in [0.4, 0.5) is 5.82 Å². The summed E-state index contributed by atoms with van der Waals surface area (Å²) in [4.78, 5) is 32.0. The Balaban J connectivity index is 1.77. The van der Waals surface area contributed by atoms with Crippen LogP contribution in [0.1, 0.15) is 68.4 Å². The molecule has 3 heterocycles. The van der Waals surface area contributed by atoms with Gasteiger partial charge in [-0.05, 0) is 39.5 Å². The standard InChI is InChI=1S/C21H29N5O/c1-13-14(2)22-12-23-17(13)26-10-6-8-21(11-26)9-7-15-16(21)24-19(20(3,4)5)25-18(15)27/h12H,6-11H2,1-5H3,(H,24,25,27). The van der Waals surface area contributed by atoms with Crippen LogP contribution in [-0.4, -0.2) is 33.0 Å². The Morgan fingerprint density at radius 1 is 1.19 bits per heavy atom. The number of fused-ring (bicyclic) bond motifs is 2. The van der Waals surface area contributed by atoms with Gasteiger partial charge < -0.3 is 9.88 Å². The first kappa shape index (κ1) is 18.1. The zero-order chi connectivity index (χ0) is 19.4. The van der Waals surface area contributed by atoms with Gasteiger partial charge >= 0.3 is 0 Å². The van der Waals surface area contributed by atoms with Crippen molar-refractivity contribution < 1.29 is 0 Å². The molecule has 1 unspecified atom stereocenters. The average molecular weight is 367 g/mol. The van der Waals surface area contributed by atoms with E-state index in [2.05, 4.69) is 47.5 Å². The van der Waals surface area contributed by atoms with E-state index in [-0.39, 0.29) is 16.4 Å². The molecule has 6 nitrogen and oxygen atoms in total. The molecular formula is C21H29N5O. The Hall–Kier alpha value is -2.24. The highest BCUT2D eigenvalue weighted by Gasteiger charge is 2.45. The quantitative estimate of drug-likeness (QED) is 0.839. The zero-order valence-corrected chi connectivity index (χ0v) is 17.0. The minimum atomic E-state index is -0.174. The highest BCUT2D eigenvalue weighted by atomic mass is 16.1. The van der Waals surface area contributed by atoms with E-state index in [4.69, 9.17) is 4.98 Å². The molecule has 1 fully saturated rings. The topological polar surface area (TPSA) is 74.8 Å². The van der Waals surface area contributed by atoms with Crippen LogP contribution in [0.5, 0.6) is 0 Å². The number of nitrogens with zero attached hydrogens (tertiary/aromatic N) is 4. The summed E-state index contributed by atoms with van der Waals surface area (Å²) < 4.78 is 0. The third-order valence-electron chi connectivity index (χ3n) is 6.27. The number of aromatic amines is 1. The number of aromatic nitrogens is 4. The van der Waals surface area contributed by atoms with Gasteiger partial charge in [0.2, 0.25) is 0 Å². The molecule has 0 saturated carbocycles. The second-order valence-corrected chi connectivity index (χ2v) is 9.20. The van der Waals surface area contributed by atoms with Crippen molar-refractivity contribution in [1.82, 2.24) is 19.9 Å². The van der Waals surface area contributed by atoms with Gasteiger partial charge in [-0.2, -0.15) is 0 Å². The minimum Gasteiger partial charge on any atom is -0.355 e. The van der Waals surface area contributed by atoms with E-state index in [9.17, 15) is 4.79 Å². The molecule has 0 radical (unpaired) electrons. The maximum atomic E-state index is 12.7. The molecule has 6 heteroatoms. The molecule has 4 rings (SSSR count). The number of piperidine rings is 1. The predicted molar refractivity (Wildman–Crippen MR) is 107 cm³/mol. The minimum absolute atomic E-state index is 0.0485. The molecule has 2 aliphatic rings. The van der Waals surface area contributed by atoms with Gasteiger partial charge in [0.25, 0.3) is 5.56 Å². The lowest BCUT2D eigenvalue weighted by Gasteiger charge is -2.41. The monoisotopic (exact) mass is 367 g/mol. The van der Waals surface area contributed by atoms with E-state index in [1.54, 1.807) is 6.33 Å². The predicted octanol–water partition coefficient (Wildman–Crippen LogP) is 2.96. The van der Waals surface area contributed by atoms with E-state index in [1.165, 1.54) is 0 Å². The molecule has 2 aromatic heterocycles. The molecule has 27 heavy (non-hydrogen) atoms. The number of H-pyrrole nitrogens is 1. The van der Waals surface area contributed by atoms with Crippen LogP contribution in [-0.2, 0) is 17.3 Å². The maximum absolute atomic E-state index is 12.7. The maximum Gasteiger partial charge on any atom is 0.254 e. The highest BCUT2D eigenvalue weighted by Crippen LogP contribution is 2.44. The molecule has 2 aromatic rings. The summed E-state index contributed by atoms with van der Waals surface area (Å²) >= 11 is 0.